The molecule has 0 saturated carbocycles. The molecule has 2 aromatic rings. The molecule has 0 bridgehead atoms. The van der Waals surface area contributed by atoms with E-state index in [9.17, 15) is 46.5 Å². The molecule has 1 saturated heterocycles. The number of nitrogens with one attached hydrogen (secondary N) is 17. The van der Waals surface area contributed by atoms with Gasteiger partial charge in [-0.15, -0.1) is 11.8 Å². The number of amides is 7. The molecule has 0 spiro atoms. The first-order valence-corrected chi connectivity index (χ1v) is 48.2. The van der Waals surface area contributed by atoms with Crippen LogP contribution in [0.3, 0.4) is 0 Å². The standard InChI is InChI=1S/C90H144N26O16S2/c1-9-69(117)63(26-20-40-107-86(97)98)111-79(124)57(23-17-37-104-83(91)92)50-70(118)64(27-21-41-108-87(99)100)112-80(125)58(24-18-38-105-84(93)94)51-71(119)65(28-22-42-109-88(101)102)113-81(126)59(25-19-39-106-85(95)96)52-72(120)66(110-77(122)36-46-132-48-47-131-8)55-133-73-54-78(123)116(82(73)127)45-43-103-76(121)31-15-12-16-44-115-68-35-33-60(134(128,129)130)53-62(68)90(6,7)75(115)30-14-11-13-29-74-89(4,5)61-49-56(3)32-34-67(61)114(74)10-2/h11,13-14,29-30,32-35,49,53,57-59,63-66,73H,9-10,12,15-28,31,36-48,50-52,54-55H2,1-8H3,(H29-,91,92,93,94,95,96,97,98,99,100,101,102,103,104,105,106,107,108,109,110,111,112,113,121,122,124,125,126,128,129,130)/p+1/t57-,58-,59-,63+,64+,65+,66+,73?/m0/s1. The van der Waals surface area contributed by atoms with Crippen LogP contribution < -0.4 is 97.8 Å². The third kappa shape index (κ3) is 37.9. The molecule has 3 aliphatic heterocycles. The summed E-state index contributed by atoms with van der Waals surface area (Å²) >= 11 is 0.924. The lowest BCUT2D eigenvalue weighted by Crippen LogP contribution is -2.49. The quantitative estimate of drug-likeness (QED) is 0.00859. The van der Waals surface area contributed by atoms with Gasteiger partial charge >= 0.3 is 0 Å². The van der Waals surface area contributed by atoms with E-state index in [1.165, 1.54) is 41.8 Å². The average molecular weight is 1910 g/mol. The second kappa shape index (κ2) is 57.0. The first-order valence-electron chi connectivity index (χ1n) is 45.7. The predicted octanol–water partition coefficient (Wildman–Crippen LogP) is 2.25. The van der Waals surface area contributed by atoms with Crippen LogP contribution in [0.1, 0.15) is 199 Å². The largest absolute Gasteiger partial charge is 0.382 e. The van der Waals surface area contributed by atoms with E-state index in [0.29, 0.717) is 37.8 Å². The number of fused-ring (bicyclic) bond motifs is 2. The highest BCUT2D eigenvalue weighted by Crippen LogP contribution is 2.49. The Balaban J connectivity index is 1.33. The number of unbranched alkanes of at least 4 members (excludes halogenated alkanes) is 2. The molecule has 8 atom stereocenters. The molecule has 1 unspecified atom stereocenters. The number of aryl methyl sites for hydroxylation is 1. The van der Waals surface area contributed by atoms with Gasteiger partial charge in [-0.2, -0.15) is 13.0 Å². The van der Waals surface area contributed by atoms with Crippen molar-refractivity contribution in [1.82, 2.24) is 63.4 Å². The van der Waals surface area contributed by atoms with E-state index >= 15 is 19.2 Å². The summed E-state index contributed by atoms with van der Waals surface area (Å²) in [5.74, 6) is -12.9. The zero-order valence-corrected chi connectivity index (χ0v) is 80.3. The molecular weight excluding hydrogens is 1770 g/mol. The van der Waals surface area contributed by atoms with Crippen molar-refractivity contribution in [2.75, 3.05) is 103 Å². The number of carbonyl (C=O) groups is 11. The highest BCUT2D eigenvalue weighted by atomic mass is 32.2. The number of ether oxygens (including phenoxy) is 2. The number of ketones is 4. The van der Waals surface area contributed by atoms with Crippen LogP contribution in [0, 0.1) is 57.1 Å². The van der Waals surface area contributed by atoms with Gasteiger partial charge in [0.25, 0.3) is 10.1 Å². The molecule has 2 aromatic carbocycles. The number of anilines is 1. The first kappa shape index (κ1) is 113. The Labute approximate surface area is 789 Å². The normalized spacial score (nSPS) is 16.2. The minimum absolute atomic E-state index is 0.0257. The third-order valence-corrected chi connectivity index (χ3v) is 25.6. The number of Topliss-reactive ketones (excluding diaryl/α,β-unsaturated/α-hetero) is 4. The highest BCUT2D eigenvalue weighted by molar-refractivity contribution is 8.00. The van der Waals surface area contributed by atoms with Crippen LogP contribution in [0.15, 0.2) is 77.4 Å². The van der Waals surface area contributed by atoms with Crippen LogP contribution in [0.25, 0.3) is 0 Å². The molecule has 5 rings (SSSR count). The topological polar surface area (TPSA) is 702 Å². The van der Waals surface area contributed by atoms with Crippen molar-refractivity contribution in [1.29, 1.82) is 32.5 Å². The Morgan fingerprint density at radius 2 is 1.01 bits per heavy atom. The summed E-state index contributed by atoms with van der Waals surface area (Å²) in [6.45, 7) is 16.1. The zero-order valence-electron chi connectivity index (χ0n) is 78.6. The van der Waals surface area contributed by atoms with E-state index in [-0.39, 0.29) is 214 Å². The number of imide groups is 1. The number of carbonyl (C=O) groups excluding carboxylic acids is 11. The van der Waals surface area contributed by atoms with E-state index in [1.807, 2.05) is 38.2 Å². The summed E-state index contributed by atoms with van der Waals surface area (Å²) in [5.41, 5.74) is 39.8. The van der Waals surface area contributed by atoms with Crippen LogP contribution in [-0.2, 0) is 83.2 Å². The lowest BCUT2D eigenvalue weighted by atomic mass is 9.81. The lowest BCUT2D eigenvalue weighted by molar-refractivity contribution is -0.433. The Bertz CT molecular complexity index is 4710. The van der Waals surface area contributed by atoms with E-state index in [0.717, 1.165) is 34.6 Å². The second-order valence-corrected chi connectivity index (χ2v) is 37.2. The number of nitrogens with two attached hydrogens (primary N) is 6. The Morgan fingerprint density at radius 3 is 1.47 bits per heavy atom. The summed E-state index contributed by atoms with van der Waals surface area (Å²) in [5, 5.41) is 75.2. The molecule has 44 heteroatoms. The number of likely N-dealkylation sites (tertiary alicyclic amines) is 1. The fourth-order valence-corrected chi connectivity index (χ4v) is 18.0. The molecule has 0 aromatic heterocycles. The van der Waals surface area contributed by atoms with Gasteiger partial charge in [0, 0.05) is 169 Å². The highest BCUT2D eigenvalue weighted by Gasteiger charge is 2.46. The zero-order chi connectivity index (χ0) is 99.4. The van der Waals surface area contributed by atoms with E-state index in [4.69, 9.17) is 76.3 Å². The minimum atomic E-state index is -4.52. The Hall–Kier alpha value is -11.9. The fraction of sp³-hybridized carbons (Fsp3) is 0.600. The molecule has 742 valence electrons. The minimum Gasteiger partial charge on any atom is -0.382 e. The van der Waals surface area contributed by atoms with Crippen molar-refractivity contribution in [2.24, 2.45) is 52.2 Å². The fourth-order valence-electron chi connectivity index (χ4n) is 16.3. The number of hydrogen-bond acceptors (Lipinski definition) is 23. The van der Waals surface area contributed by atoms with Gasteiger partial charge in [-0.3, -0.25) is 94.6 Å². The molecular formula is C90H145N26O16S2+. The molecule has 7 amide bonds. The smallest absolute Gasteiger partial charge is 0.294 e. The van der Waals surface area contributed by atoms with Gasteiger partial charge in [0.2, 0.25) is 47.0 Å². The van der Waals surface area contributed by atoms with Crippen molar-refractivity contribution < 1.29 is 79.8 Å². The van der Waals surface area contributed by atoms with Crippen molar-refractivity contribution >= 4 is 139 Å². The number of thioether (sulfide) groups is 1. The number of methoxy groups -OCH3 is 1. The third-order valence-electron chi connectivity index (χ3n) is 23.5. The van der Waals surface area contributed by atoms with Gasteiger partial charge in [-0.25, -0.2) is 0 Å². The first-order chi connectivity index (χ1) is 63.4. The predicted molar refractivity (Wildman–Crippen MR) is 516 cm³/mol. The summed E-state index contributed by atoms with van der Waals surface area (Å²) in [4.78, 5) is 161. The van der Waals surface area contributed by atoms with Gasteiger partial charge < -0.3 is 107 Å². The monoisotopic (exact) mass is 1910 g/mol. The number of guanidine groups is 6. The van der Waals surface area contributed by atoms with Crippen LogP contribution in [-0.4, -0.2) is 256 Å². The maximum Gasteiger partial charge on any atom is 0.294 e. The molecule has 0 radical (unpaired) electrons. The molecule has 0 aliphatic carbocycles. The van der Waals surface area contributed by atoms with E-state index in [2.05, 4.69) is 120 Å². The van der Waals surface area contributed by atoms with E-state index in [1.54, 1.807) is 13.0 Å². The molecule has 1 fully saturated rings. The van der Waals surface area contributed by atoms with Gasteiger partial charge in [0.05, 0.1) is 59.5 Å². The second-order valence-electron chi connectivity index (χ2n) is 34.5. The van der Waals surface area contributed by atoms with Crippen LogP contribution in [0.5, 0.6) is 0 Å². The summed E-state index contributed by atoms with van der Waals surface area (Å²) in [6, 6.07) is 5.95. The van der Waals surface area contributed by atoms with Crippen LogP contribution >= 0.6 is 11.8 Å². The van der Waals surface area contributed by atoms with Gasteiger partial charge in [0.1, 0.15) is 6.54 Å². The van der Waals surface area contributed by atoms with Crippen LogP contribution in [0.4, 0.5) is 11.4 Å². The van der Waals surface area contributed by atoms with Crippen molar-refractivity contribution in [2.45, 2.75) is 235 Å². The van der Waals surface area contributed by atoms with Gasteiger partial charge in [-0.1, -0.05) is 57.0 Å². The van der Waals surface area contributed by atoms with Gasteiger partial charge in [-0.05, 0) is 153 Å². The summed E-state index contributed by atoms with van der Waals surface area (Å²) in [6.07, 6.45) is 10.6. The maximum absolute atomic E-state index is 15.2. The molecule has 3 heterocycles. The lowest BCUT2D eigenvalue weighted by Gasteiger charge is -2.27. The van der Waals surface area contributed by atoms with Crippen LogP contribution in [0.2, 0.25) is 0 Å². The number of hydrogen-bond donors (Lipinski definition) is 24. The summed E-state index contributed by atoms with van der Waals surface area (Å²) < 4.78 is 47.8. The molecule has 134 heavy (non-hydrogen) atoms. The SMILES string of the molecule is CCC(=O)[C@@H](CCCNC(=N)N)NC(=O)[C@@H](CCCNC(=N)N)CC(=O)[C@@H](CCCNC(=N)N)NC(=O)[C@@H](CCCNC(=N)N)CC(=O)[C@@H](CCCNC(=N)N)NC(=O)[C@@H](CCCNC(=N)N)CC(=O)[C@@H](CSC1CC(=O)N(CCNC(=O)CCCCCN2/C(=C/C=C/C=C/C3=[N+](CC)c4ccc(C)cc4C3(C)C)C(C)(C)c3cc(S(=O)(=O)O)ccc32)C1=O)NC(=O)CCOCCOC. The molecule has 30 N–H and O–H groups in total. The summed E-state index contributed by atoms with van der Waals surface area (Å²) in [7, 11) is -3.05. The van der Waals surface area contributed by atoms with Crippen molar-refractivity contribution in [3.63, 3.8) is 0 Å². The Morgan fingerprint density at radius 1 is 0.530 bits per heavy atom. The molecule has 3 aliphatic rings. The van der Waals surface area contributed by atoms with E-state index < -0.39 is 153 Å². The Kier molecular flexibility index (Phi) is 47.9. The van der Waals surface area contributed by atoms with Crippen molar-refractivity contribution in [3.8, 4) is 0 Å². The molecule has 42 nitrogen and oxygen atoms in total. The average Bonchev–Trinajstić information content (AvgIpc) is 1.59. The van der Waals surface area contributed by atoms with Crippen molar-refractivity contribution in [3.05, 3.63) is 89.2 Å². The number of rotatable bonds is 65. The number of allylic oxidation sites excluding steroid dienone is 6. The number of nitrogens with zero attached hydrogens (tertiary/aromatic N) is 3. The number of benzene rings is 2. The maximum atomic E-state index is 15.2. The van der Waals surface area contributed by atoms with Gasteiger partial charge in [0.15, 0.2) is 64.6 Å².